The first-order valence-corrected chi connectivity index (χ1v) is 11.2. The van der Waals surface area contributed by atoms with E-state index in [1.807, 2.05) is 18.2 Å². The number of carbonyl (C=O) groups is 1. The molecule has 0 unspecified atom stereocenters. The molecule has 4 heterocycles. The molecular weight excluding hydrogens is 447 g/mol. The molecular formula is C26H21FN6O2. The van der Waals surface area contributed by atoms with Crippen molar-refractivity contribution in [1.29, 1.82) is 5.26 Å². The minimum absolute atomic E-state index is 0.141. The first-order chi connectivity index (χ1) is 17.1. The van der Waals surface area contributed by atoms with E-state index < -0.39 is 5.82 Å². The maximum Gasteiger partial charge on any atom is 0.246 e. The Balaban J connectivity index is 1.49. The average Bonchev–Trinajstić information content (AvgIpc) is 3.30. The van der Waals surface area contributed by atoms with E-state index in [0.717, 1.165) is 18.4 Å². The fraction of sp³-hybridized carbons (Fsp3) is 0.192. The number of carbonyl (C=O) groups excluding carboxylic acids is 1. The van der Waals surface area contributed by atoms with Crippen LogP contribution in [0.3, 0.4) is 0 Å². The molecule has 0 saturated carbocycles. The van der Waals surface area contributed by atoms with Crippen molar-refractivity contribution in [3.05, 3.63) is 79.2 Å². The molecule has 5 rings (SSSR count). The lowest BCUT2D eigenvalue weighted by molar-refractivity contribution is -0.127. The van der Waals surface area contributed by atoms with Crippen LogP contribution in [-0.4, -0.2) is 43.6 Å². The van der Waals surface area contributed by atoms with Gasteiger partial charge in [-0.25, -0.2) is 9.37 Å². The summed E-state index contributed by atoms with van der Waals surface area (Å²) >= 11 is 0. The molecule has 1 atom stereocenters. The van der Waals surface area contributed by atoms with E-state index in [1.165, 1.54) is 18.5 Å². The van der Waals surface area contributed by atoms with E-state index in [1.54, 1.807) is 40.0 Å². The van der Waals surface area contributed by atoms with Crippen molar-refractivity contribution in [3.63, 3.8) is 0 Å². The standard InChI is InChI=1S/C26H21FN6O2/c1-2-24(34)32-12-4-5-18(16-32)33-26-20(14-29-15-21(26)27)25(31-33)17-7-9-19(10-8-17)35-23-6-3-11-30-22(23)13-28/h2-3,6-11,14-15,18H,1,4-5,12,16H2/t18-/m1/s1. The van der Waals surface area contributed by atoms with Gasteiger partial charge in [-0.15, -0.1) is 0 Å². The minimum Gasteiger partial charge on any atom is -0.454 e. The molecule has 0 N–H and O–H groups in total. The molecule has 8 nitrogen and oxygen atoms in total. The second-order valence-electron chi connectivity index (χ2n) is 8.18. The molecule has 0 aliphatic carbocycles. The number of pyridine rings is 2. The van der Waals surface area contributed by atoms with Crippen molar-refractivity contribution >= 4 is 16.8 Å². The number of nitriles is 1. The third-order valence-electron chi connectivity index (χ3n) is 6.03. The molecule has 1 saturated heterocycles. The normalized spacial score (nSPS) is 15.5. The van der Waals surface area contributed by atoms with Gasteiger partial charge in [-0.3, -0.25) is 14.5 Å². The van der Waals surface area contributed by atoms with Gasteiger partial charge < -0.3 is 9.64 Å². The summed E-state index contributed by atoms with van der Waals surface area (Å²) < 4.78 is 22.5. The van der Waals surface area contributed by atoms with E-state index in [2.05, 4.69) is 16.5 Å². The number of fused-ring (bicyclic) bond motifs is 1. The van der Waals surface area contributed by atoms with Crippen molar-refractivity contribution in [2.45, 2.75) is 18.9 Å². The largest absolute Gasteiger partial charge is 0.454 e. The number of nitrogens with zero attached hydrogens (tertiary/aromatic N) is 6. The number of benzene rings is 1. The number of halogens is 1. The summed E-state index contributed by atoms with van der Waals surface area (Å²) in [4.78, 5) is 21.9. The van der Waals surface area contributed by atoms with Crippen LogP contribution in [0.25, 0.3) is 22.2 Å². The maximum atomic E-state index is 15.0. The Morgan fingerprint density at radius 1 is 1.26 bits per heavy atom. The molecule has 4 aromatic rings. The van der Waals surface area contributed by atoms with Crippen molar-refractivity contribution < 1.29 is 13.9 Å². The second kappa shape index (κ2) is 9.35. The zero-order valence-corrected chi connectivity index (χ0v) is 18.8. The monoisotopic (exact) mass is 468 g/mol. The predicted octanol–water partition coefficient (Wildman–Crippen LogP) is 4.65. The zero-order valence-electron chi connectivity index (χ0n) is 18.8. The van der Waals surface area contributed by atoms with Gasteiger partial charge in [-0.05, 0) is 55.3 Å². The van der Waals surface area contributed by atoms with Gasteiger partial charge in [0, 0.05) is 36.4 Å². The third kappa shape index (κ3) is 4.22. The Kier molecular flexibility index (Phi) is 5.94. The van der Waals surface area contributed by atoms with Gasteiger partial charge in [-0.1, -0.05) is 6.58 Å². The number of amides is 1. The van der Waals surface area contributed by atoms with Crippen molar-refractivity contribution in [2.24, 2.45) is 0 Å². The summed E-state index contributed by atoms with van der Waals surface area (Å²) in [6.45, 7) is 4.65. The van der Waals surface area contributed by atoms with Crippen LogP contribution in [0.15, 0.2) is 67.6 Å². The molecule has 1 amide bonds. The van der Waals surface area contributed by atoms with Crippen molar-refractivity contribution in [1.82, 2.24) is 24.6 Å². The highest BCUT2D eigenvalue weighted by Gasteiger charge is 2.28. The maximum absolute atomic E-state index is 15.0. The zero-order chi connectivity index (χ0) is 24.4. The number of piperidine rings is 1. The minimum atomic E-state index is -0.464. The molecule has 1 aliphatic rings. The first kappa shape index (κ1) is 22.2. The smallest absolute Gasteiger partial charge is 0.246 e. The summed E-state index contributed by atoms with van der Waals surface area (Å²) in [6, 6.07) is 12.4. The topological polar surface area (TPSA) is 96.9 Å². The van der Waals surface area contributed by atoms with Crippen molar-refractivity contribution in [3.8, 4) is 28.8 Å². The highest BCUT2D eigenvalue weighted by atomic mass is 19.1. The first-order valence-electron chi connectivity index (χ1n) is 11.2. The molecule has 1 aromatic carbocycles. The van der Waals surface area contributed by atoms with Crippen LogP contribution >= 0.6 is 0 Å². The fourth-order valence-corrected chi connectivity index (χ4v) is 4.37. The van der Waals surface area contributed by atoms with Gasteiger partial charge in [0.25, 0.3) is 0 Å². The summed E-state index contributed by atoms with van der Waals surface area (Å²) in [5, 5.41) is 14.6. The number of likely N-dealkylation sites (tertiary alicyclic amines) is 1. The van der Waals surface area contributed by atoms with E-state index >= 15 is 0 Å². The SMILES string of the molecule is C=CC(=O)N1CCC[C@@H](n2nc(-c3ccc(Oc4cccnc4C#N)cc3)c3cncc(F)c32)C1. The summed E-state index contributed by atoms with van der Waals surface area (Å²) in [7, 11) is 0. The molecule has 3 aromatic heterocycles. The molecule has 35 heavy (non-hydrogen) atoms. The summed E-state index contributed by atoms with van der Waals surface area (Å²) in [5.74, 6) is 0.281. The van der Waals surface area contributed by atoms with Crippen LogP contribution in [0.2, 0.25) is 0 Å². The predicted molar refractivity (Wildman–Crippen MR) is 127 cm³/mol. The lowest BCUT2D eigenvalue weighted by Gasteiger charge is -2.32. The number of rotatable bonds is 5. The van der Waals surface area contributed by atoms with Crippen LogP contribution in [-0.2, 0) is 4.79 Å². The van der Waals surface area contributed by atoms with Gasteiger partial charge >= 0.3 is 0 Å². The van der Waals surface area contributed by atoms with Gasteiger partial charge in [0.1, 0.15) is 23.0 Å². The number of hydrogen-bond donors (Lipinski definition) is 0. The average molecular weight is 468 g/mol. The summed E-state index contributed by atoms with van der Waals surface area (Å²) in [5.41, 5.74) is 1.90. The Hall–Kier alpha value is -4.58. The van der Waals surface area contributed by atoms with Crippen molar-refractivity contribution in [2.75, 3.05) is 13.1 Å². The fourth-order valence-electron chi connectivity index (χ4n) is 4.37. The molecule has 9 heteroatoms. The molecule has 1 fully saturated rings. The molecule has 0 spiro atoms. The van der Waals surface area contributed by atoms with E-state index in [9.17, 15) is 14.4 Å². The van der Waals surface area contributed by atoms with Gasteiger partial charge in [0.2, 0.25) is 5.91 Å². The number of hydrogen-bond acceptors (Lipinski definition) is 6. The molecule has 0 radical (unpaired) electrons. The number of ether oxygens (including phenoxy) is 1. The second-order valence-corrected chi connectivity index (χ2v) is 8.18. The van der Waals surface area contributed by atoms with E-state index in [-0.39, 0.29) is 17.6 Å². The van der Waals surface area contributed by atoms with Gasteiger partial charge in [0.05, 0.1) is 12.2 Å². The van der Waals surface area contributed by atoms with E-state index in [0.29, 0.717) is 41.2 Å². The highest BCUT2D eigenvalue weighted by molar-refractivity contribution is 5.93. The lowest BCUT2D eigenvalue weighted by Crippen LogP contribution is -2.40. The molecule has 1 aliphatic heterocycles. The van der Waals surface area contributed by atoms with Crippen LogP contribution < -0.4 is 4.74 Å². The van der Waals surface area contributed by atoms with Gasteiger partial charge in [-0.2, -0.15) is 10.4 Å². The Morgan fingerprint density at radius 2 is 2.09 bits per heavy atom. The van der Waals surface area contributed by atoms with Gasteiger partial charge in [0.15, 0.2) is 17.3 Å². The third-order valence-corrected chi connectivity index (χ3v) is 6.03. The van der Waals surface area contributed by atoms with Crippen LogP contribution in [0.4, 0.5) is 4.39 Å². The summed E-state index contributed by atoms with van der Waals surface area (Å²) in [6.07, 6.45) is 7.18. The van der Waals surface area contributed by atoms with Crippen LogP contribution in [0, 0.1) is 17.1 Å². The Bertz CT molecular complexity index is 1460. The Labute approximate surface area is 200 Å². The van der Waals surface area contributed by atoms with Crippen LogP contribution in [0.1, 0.15) is 24.6 Å². The quantitative estimate of drug-likeness (QED) is 0.396. The van der Waals surface area contributed by atoms with E-state index in [4.69, 9.17) is 9.84 Å². The lowest BCUT2D eigenvalue weighted by atomic mass is 10.1. The van der Waals surface area contributed by atoms with Crippen LogP contribution in [0.5, 0.6) is 11.5 Å². The highest BCUT2D eigenvalue weighted by Crippen LogP contribution is 2.34. The molecule has 0 bridgehead atoms. The Morgan fingerprint density at radius 3 is 2.86 bits per heavy atom. The molecule has 174 valence electrons. The number of aromatic nitrogens is 4.